The molecule has 1 aliphatic rings. The van der Waals surface area contributed by atoms with Gasteiger partial charge < -0.3 is 16.2 Å². The predicted octanol–water partition coefficient (Wildman–Crippen LogP) is 1.96. The van der Waals surface area contributed by atoms with Crippen molar-refractivity contribution in [2.24, 2.45) is 0 Å². The third-order valence-corrected chi connectivity index (χ3v) is 3.67. The van der Waals surface area contributed by atoms with Gasteiger partial charge in [-0.15, -0.1) is 0 Å². The number of hydrogen-bond donors (Lipinski definition) is 3. The Kier molecular flexibility index (Phi) is 4.09. The SMILES string of the molecule is Nc1c(Cl)cccc1C(=O)NC1CCCCC1O. The molecule has 1 saturated carbocycles. The van der Waals surface area contributed by atoms with Crippen LogP contribution in [0.3, 0.4) is 0 Å². The van der Waals surface area contributed by atoms with Gasteiger partial charge in [0.05, 0.1) is 28.4 Å². The summed E-state index contributed by atoms with van der Waals surface area (Å²) in [5.74, 6) is -0.277. The highest BCUT2D eigenvalue weighted by Gasteiger charge is 2.25. The van der Waals surface area contributed by atoms with Crippen LogP contribution in [-0.4, -0.2) is 23.2 Å². The lowest BCUT2D eigenvalue weighted by Gasteiger charge is -2.28. The Morgan fingerprint density at radius 1 is 1.39 bits per heavy atom. The molecule has 1 aliphatic carbocycles. The highest BCUT2D eigenvalue weighted by molar-refractivity contribution is 6.33. The van der Waals surface area contributed by atoms with Crippen LogP contribution in [0.2, 0.25) is 5.02 Å². The number of carbonyl (C=O) groups excluding carboxylic acids is 1. The van der Waals surface area contributed by atoms with E-state index in [1.54, 1.807) is 18.2 Å². The maximum absolute atomic E-state index is 12.1. The van der Waals surface area contributed by atoms with Gasteiger partial charge in [0.25, 0.3) is 5.91 Å². The maximum Gasteiger partial charge on any atom is 0.253 e. The lowest BCUT2D eigenvalue weighted by atomic mass is 9.92. The first-order valence-corrected chi connectivity index (χ1v) is 6.50. The van der Waals surface area contributed by atoms with Crippen molar-refractivity contribution in [3.63, 3.8) is 0 Å². The zero-order valence-corrected chi connectivity index (χ0v) is 10.8. The van der Waals surface area contributed by atoms with Crippen molar-refractivity contribution in [3.8, 4) is 0 Å². The van der Waals surface area contributed by atoms with Gasteiger partial charge in [0.15, 0.2) is 0 Å². The van der Waals surface area contributed by atoms with Gasteiger partial charge in [-0.05, 0) is 25.0 Å². The molecular formula is C13H17ClN2O2. The van der Waals surface area contributed by atoms with Crippen molar-refractivity contribution in [2.45, 2.75) is 37.8 Å². The highest BCUT2D eigenvalue weighted by Crippen LogP contribution is 2.23. The lowest BCUT2D eigenvalue weighted by Crippen LogP contribution is -2.45. The fraction of sp³-hybridized carbons (Fsp3) is 0.462. The van der Waals surface area contributed by atoms with Crippen molar-refractivity contribution in [3.05, 3.63) is 28.8 Å². The molecule has 4 N–H and O–H groups in total. The Bertz CT molecular complexity index is 451. The monoisotopic (exact) mass is 268 g/mol. The molecule has 4 nitrogen and oxygen atoms in total. The van der Waals surface area contributed by atoms with Crippen molar-refractivity contribution in [2.75, 3.05) is 5.73 Å². The summed E-state index contributed by atoms with van der Waals surface area (Å²) in [5.41, 5.74) is 6.41. The minimum absolute atomic E-state index is 0.190. The predicted molar refractivity (Wildman–Crippen MR) is 71.6 cm³/mol. The van der Waals surface area contributed by atoms with Crippen molar-refractivity contribution in [1.82, 2.24) is 5.32 Å². The number of rotatable bonds is 2. The van der Waals surface area contributed by atoms with Gasteiger partial charge in [-0.25, -0.2) is 0 Å². The number of nitrogens with two attached hydrogens (primary N) is 1. The van der Waals surface area contributed by atoms with Gasteiger partial charge in [0.1, 0.15) is 0 Å². The van der Waals surface area contributed by atoms with E-state index in [9.17, 15) is 9.90 Å². The number of aliphatic hydroxyl groups excluding tert-OH is 1. The number of nitrogens with one attached hydrogen (secondary N) is 1. The van der Waals surface area contributed by atoms with E-state index < -0.39 is 6.10 Å². The molecule has 2 atom stereocenters. The van der Waals surface area contributed by atoms with E-state index in [0.29, 0.717) is 10.6 Å². The fourth-order valence-corrected chi connectivity index (χ4v) is 2.44. The Morgan fingerprint density at radius 2 is 2.11 bits per heavy atom. The minimum Gasteiger partial charge on any atom is -0.397 e. The summed E-state index contributed by atoms with van der Waals surface area (Å²) in [4.78, 5) is 12.1. The first kappa shape index (κ1) is 13.2. The topological polar surface area (TPSA) is 75.4 Å². The summed E-state index contributed by atoms with van der Waals surface area (Å²) in [6.07, 6.45) is 3.09. The van der Waals surface area contributed by atoms with Crippen LogP contribution < -0.4 is 11.1 Å². The van der Waals surface area contributed by atoms with Crippen LogP contribution in [0.5, 0.6) is 0 Å². The molecule has 5 heteroatoms. The minimum atomic E-state index is -0.469. The number of anilines is 1. The number of amides is 1. The summed E-state index contributed by atoms with van der Waals surface area (Å²) in [6, 6.07) is 4.77. The molecule has 0 heterocycles. The molecule has 0 bridgehead atoms. The number of para-hydroxylation sites is 1. The van der Waals surface area contributed by atoms with E-state index in [0.717, 1.165) is 25.7 Å². The zero-order chi connectivity index (χ0) is 13.1. The van der Waals surface area contributed by atoms with Crippen LogP contribution in [0.25, 0.3) is 0 Å². The number of halogens is 1. The molecule has 1 amide bonds. The molecule has 0 aliphatic heterocycles. The van der Waals surface area contributed by atoms with Crippen LogP contribution in [0.4, 0.5) is 5.69 Å². The van der Waals surface area contributed by atoms with Gasteiger partial charge in [-0.2, -0.15) is 0 Å². The van der Waals surface area contributed by atoms with Crippen molar-refractivity contribution in [1.29, 1.82) is 0 Å². The van der Waals surface area contributed by atoms with Gasteiger partial charge in [-0.1, -0.05) is 30.5 Å². The number of nitrogen functional groups attached to an aromatic ring is 1. The standard InChI is InChI=1S/C13H17ClN2O2/c14-9-5-3-4-8(12(9)15)13(18)16-10-6-1-2-7-11(10)17/h3-5,10-11,17H,1-2,6-7,15H2,(H,16,18). The third-order valence-electron chi connectivity index (χ3n) is 3.34. The number of benzene rings is 1. The first-order chi connectivity index (χ1) is 8.59. The summed E-state index contributed by atoms with van der Waals surface area (Å²) in [6.45, 7) is 0. The van der Waals surface area contributed by atoms with E-state index in [1.807, 2.05) is 0 Å². The second kappa shape index (κ2) is 5.59. The van der Waals surface area contributed by atoms with Gasteiger partial charge in [-0.3, -0.25) is 4.79 Å². The van der Waals surface area contributed by atoms with E-state index in [4.69, 9.17) is 17.3 Å². The molecule has 18 heavy (non-hydrogen) atoms. The van der Waals surface area contributed by atoms with Crippen LogP contribution in [0, 0.1) is 0 Å². The molecule has 2 unspecified atom stereocenters. The van der Waals surface area contributed by atoms with E-state index >= 15 is 0 Å². The normalized spacial score (nSPS) is 23.7. The highest BCUT2D eigenvalue weighted by atomic mass is 35.5. The quantitative estimate of drug-likeness (QED) is 0.718. The van der Waals surface area contributed by atoms with Crippen molar-refractivity contribution >= 4 is 23.2 Å². The molecule has 98 valence electrons. The van der Waals surface area contributed by atoms with Crippen LogP contribution in [0.15, 0.2) is 18.2 Å². The summed E-state index contributed by atoms with van der Waals surface area (Å²) >= 11 is 5.87. The van der Waals surface area contributed by atoms with Crippen LogP contribution in [0.1, 0.15) is 36.0 Å². The Labute approximate surface area is 111 Å². The Balaban J connectivity index is 2.09. The second-order valence-corrected chi connectivity index (χ2v) is 5.04. The molecule has 0 saturated heterocycles. The van der Waals surface area contributed by atoms with Crippen molar-refractivity contribution < 1.29 is 9.90 Å². The van der Waals surface area contributed by atoms with E-state index in [2.05, 4.69) is 5.32 Å². The smallest absolute Gasteiger partial charge is 0.253 e. The number of aliphatic hydroxyl groups is 1. The average Bonchev–Trinajstić information content (AvgIpc) is 2.35. The molecule has 2 rings (SSSR count). The third kappa shape index (κ3) is 2.76. The van der Waals surface area contributed by atoms with Crippen LogP contribution in [-0.2, 0) is 0 Å². The maximum atomic E-state index is 12.1. The van der Waals surface area contributed by atoms with Gasteiger partial charge in [0.2, 0.25) is 0 Å². The molecular weight excluding hydrogens is 252 g/mol. The Hall–Kier alpha value is -1.26. The first-order valence-electron chi connectivity index (χ1n) is 6.12. The average molecular weight is 269 g/mol. The largest absolute Gasteiger partial charge is 0.397 e. The zero-order valence-electron chi connectivity index (χ0n) is 10.0. The molecule has 1 aromatic carbocycles. The molecule has 1 aromatic rings. The van der Waals surface area contributed by atoms with Crippen LogP contribution >= 0.6 is 11.6 Å². The number of carbonyl (C=O) groups is 1. The Morgan fingerprint density at radius 3 is 2.83 bits per heavy atom. The molecule has 0 spiro atoms. The lowest BCUT2D eigenvalue weighted by molar-refractivity contribution is 0.0718. The summed E-state index contributed by atoms with van der Waals surface area (Å²) in [5, 5.41) is 13.0. The number of hydrogen-bond acceptors (Lipinski definition) is 3. The van der Waals surface area contributed by atoms with Gasteiger partial charge in [0, 0.05) is 0 Å². The molecule has 1 fully saturated rings. The van der Waals surface area contributed by atoms with E-state index in [-0.39, 0.29) is 17.6 Å². The fourth-order valence-electron chi connectivity index (χ4n) is 2.26. The molecule has 0 aromatic heterocycles. The van der Waals surface area contributed by atoms with E-state index in [1.165, 1.54) is 0 Å². The summed E-state index contributed by atoms with van der Waals surface area (Å²) < 4.78 is 0. The van der Waals surface area contributed by atoms with Gasteiger partial charge >= 0.3 is 0 Å². The summed E-state index contributed by atoms with van der Waals surface area (Å²) in [7, 11) is 0. The second-order valence-electron chi connectivity index (χ2n) is 4.63. The molecule has 0 radical (unpaired) electrons.